The van der Waals surface area contributed by atoms with Gasteiger partial charge in [-0.05, 0) is 29.8 Å². The van der Waals surface area contributed by atoms with Gasteiger partial charge in [0.25, 0.3) is 0 Å². The number of hydrogen-bond donors (Lipinski definition) is 1. The Morgan fingerprint density at radius 2 is 1.57 bits per heavy atom. The molecule has 108 valence electrons. The molecule has 2 rings (SSSR count). The minimum absolute atomic E-state index is 0.0815. The Morgan fingerprint density at radius 3 is 2.24 bits per heavy atom. The molecule has 0 radical (unpaired) electrons. The maximum atomic E-state index is 13.4. The second-order valence-corrected chi connectivity index (χ2v) is 4.25. The average molecular weight is 291 g/mol. The van der Waals surface area contributed by atoms with Crippen LogP contribution in [0.1, 0.15) is 11.1 Å². The van der Waals surface area contributed by atoms with Gasteiger partial charge in [-0.15, -0.1) is 0 Å². The average Bonchev–Trinajstić information content (AvgIpc) is 2.41. The van der Waals surface area contributed by atoms with Gasteiger partial charge in [0.15, 0.2) is 0 Å². The van der Waals surface area contributed by atoms with Gasteiger partial charge in [0.1, 0.15) is 29.8 Å². The lowest BCUT2D eigenvalue weighted by atomic mass is 10.2. The molecule has 2 nitrogen and oxygen atoms in total. The van der Waals surface area contributed by atoms with E-state index in [2.05, 4.69) is 11.8 Å². The second-order valence-electron chi connectivity index (χ2n) is 4.25. The van der Waals surface area contributed by atoms with E-state index >= 15 is 0 Å². The van der Waals surface area contributed by atoms with Crippen molar-refractivity contribution >= 4 is 0 Å². The number of rotatable bonds is 3. The zero-order valence-electron chi connectivity index (χ0n) is 11.0. The van der Waals surface area contributed by atoms with Crippen LogP contribution >= 0.6 is 0 Å². The molecule has 21 heavy (non-hydrogen) atoms. The Bertz CT molecular complexity index is 684. The van der Waals surface area contributed by atoms with Gasteiger partial charge in [-0.2, -0.15) is 0 Å². The smallest absolute Gasteiger partial charge is 0.128 e. The Balaban J connectivity index is 2.14. The summed E-state index contributed by atoms with van der Waals surface area (Å²) >= 11 is 0. The number of halogens is 3. The molecule has 5 heteroatoms. The summed E-state index contributed by atoms with van der Waals surface area (Å²) < 4.78 is 44.8. The quantitative estimate of drug-likeness (QED) is 0.882. The lowest BCUT2D eigenvalue weighted by Crippen LogP contribution is -1.98. The first-order valence-electron chi connectivity index (χ1n) is 6.14. The van der Waals surface area contributed by atoms with Crippen molar-refractivity contribution in [1.29, 1.82) is 0 Å². The van der Waals surface area contributed by atoms with Gasteiger partial charge in [0.2, 0.25) is 0 Å². The first-order chi connectivity index (χ1) is 10.1. The maximum Gasteiger partial charge on any atom is 0.128 e. The van der Waals surface area contributed by atoms with Crippen molar-refractivity contribution in [2.75, 3.05) is 6.54 Å². The zero-order valence-corrected chi connectivity index (χ0v) is 11.0. The van der Waals surface area contributed by atoms with Crippen molar-refractivity contribution in [3.8, 4) is 17.6 Å². The third-order valence-corrected chi connectivity index (χ3v) is 2.53. The first-order valence-corrected chi connectivity index (χ1v) is 6.14. The topological polar surface area (TPSA) is 35.2 Å². The van der Waals surface area contributed by atoms with Crippen molar-refractivity contribution in [1.82, 2.24) is 0 Å². The monoisotopic (exact) mass is 291 g/mol. The number of hydrogen-bond acceptors (Lipinski definition) is 2. The second kappa shape index (κ2) is 6.82. The van der Waals surface area contributed by atoms with Gasteiger partial charge in [-0.1, -0.05) is 11.8 Å². The molecule has 0 saturated carbocycles. The summed E-state index contributed by atoms with van der Waals surface area (Å²) in [6.45, 7) is 0.0805. The third kappa shape index (κ3) is 4.55. The van der Waals surface area contributed by atoms with Crippen LogP contribution in [0.3, 0.4) is 0 Å². The predicted octanol–water partition coefficient (Wildman–Crippen LogP) is 2.99. The molecule has 2 aromatic rings. The molecule has 0 aliphatic rings. The van der Waals surface area contributed by atoms with Gasteiger partial charge >= 0.3 is 0 Å². The number of ether oxygens (including phenoxy) is 1. The summed E-state index contributed by atoms with van der Waals surface area (Å²) in [4.78, 5) is 0. The molecule has 0 aliphatic heterocycles. The minimum atomic E-state index is -0.692. The molecule has 0 unspecified atom stereocenters. The van der Waals surface area contributed by atoms with E-state index in [9.17, 15) is 13.2 Å². The van der Waals surface area contributed by atoms with Crippen molar-refractivity contribution in [2.45, 2.75) is 6.61 Å². The van der Waals surface area contributed by atoms with Crippen LogP contribution in [0.4, 0.5) is 13.2 Å². The fourth-order valence-electron chi connectivity index (χ4n) is 1.73. The highest BCUT2D eigenvalue weighted by Gasteiger charge is 2.04. The van der Waals surface area contributed by atoms with Crippen molar-refractivity contribution in [3.05, 3.63) is 65.0 Å². The van der Waals surface area contributed by atoms with Crippen LogP contribution in [-0.4, -0.2) is 6.54 Å². The summed E-state index contributed by atoms with van der Waals surface area (Å²) in [7, 11) is 0. The van der Waals surface area contributed by atoms with Crippen molar-refractivity contribution < 1.29 is 17.9 Å². The van der Waals surface area contributed by atoms with E-state index in [0.29, 0.717) is 11.1 Å². The molecular formula is C16H12F3NO. The molecule has 2 aromatic carbocycles. The molecule has 0 saturated heterocycles. The normalized spacial score (nSPS) is 9.90. The van der Waals surface area contributed by atoms with Crippen LogP contribution < -0.4 is 10.5 Å². The Kier molecular flexibility index (Phi) is 4.85. The van der Waals surface area contributed by atoms with E-state index in [-0.39, 0.29) is 18.9 Å². The Labute approximate surface area is 120 Å². The fourth-order valence-corrected chi connectivity index (χ4v) is 1.73. The molecule has 0 amide bonds. The summed E-state index contributed by atoms with van der Waals surface area (Å²) in [5, 5.41) is 0. The van der Waals surface area contributed by atoms with Crippen molar-refractivity contribution in [3.63, 3.8) is 0 Å². The Morgan fingerprint density at radius 1 is 0.905 bits per heavy atom. The summed E-state index contributed by atoms with van der Waals surface area (Å²) in [5.74, 6) is 3.62. The van der Waals surface area contributed by atoms with Crippen LogP contribution in [0.25, 0.3) is 0 Å². The molecule has 0 atom stereocenters. The van der Waals surface area contributed by atoms with Gasteiger partial charge < -0.3 is 10.5 Å². The van der Waals surface area contributed by atoms with Crippen LogP contribution in [0.15, 0.2) is 36.4 Å². The zero-order chi connectivity index (χ0) is 15.2. The fraction of sp³-hybridized carbons (Fsp3) is 0.125. The summed E-state index contributed by atoms with van der Waals surface area (Å²) in [5.41, 5.74) is 5.97. The van der Waals surface area contributed by atoms with Gasteiger partial charge in [-0.3, -0.25) is 0 Å². The molecule has 0 aliphatic carbocycles. The lowest BCUT2D eigenvalue weighted by molar-refractivity contribution is 0.303. The SMILES string of the molecule is NCC#Cc1cc(F)cc(OCc2cc(F)cc(F)c2)c1. The molecule has 0 bridgehead atoms. The van der Waals surface area contributed by atoms with Gasteiger partial charge in [0, 0.05) is 17.7 Å². The molecular weight excluding hydrogens is 279 g/mol. The largest absolute Gasteiger partial charge is 0.489 e. The number of nitrogens with two attached hydrogens (primary N) is 1. The van der Waals surface area contributed by atoms with E-state index in [0.717, 1.165) is 18.2 Å². The molecule has 0 aromatic heterocycles. The van der Waals surface area contributed by atoms with E-state index in [1.807, 2.05) is 0 Å². The highest BCUT2D eigenvalue weighted by Crippen LogP contribution is 2.18. The third-order valence-electron chi connectivity index (χ3n) is 2.53. The maximum absolute atomic E-state index is 13.4. The highest BCUT2D eigenvalue weighted by molar-refractivity contribution is 5.40. The first kappa shape index (κ1) is 14.9. The Hall–Kier alpha value is -2.45. The van der Waals surface area contributed by atoms with E-state index < -0.39 is 17.5 Å². The van der Waals surface area contributed by atoms with Crippen LogP contribution in [0, 0.1) is 29.3 Å². The van der Waals surface area contributed by atoms with Crippen LogP contribution in [-0.2, 0) is 6.61 Å². The van der Waals surface area contributed by atoms with Crippen LogP contribution in [0.5, 0.6) is 5.75 Å². The summed E-state index contributed by atoms with van der Waals surface area (Å²) in [6.07, 6.45) is 0. The predicted molar refractivity (Wildman–Crippen MR) is 73.0 cm³/mol. The van der Waals surface area contributed by atoms with Crippen molar-refractivity contribution in [2.24, 2.45) is 5.73 Å². The summed E-state index contributed by atoms with van der Waals surface area (Å²) in [6, 6.07) is 7.02. The standard InChI is InChI=1S/C16H12F3NO/c17-13-5-12(6-14(18)8-13)10-21-16-7-11(2-1-3-20)4-15(19)9-16/h4-9H,3,10,20H2. The molecule has 0 fully saturated rings. The number of benzene rings is 2. The molecule has 0 spiro atoms. The minimum Gasteiger partial charge on any atom is -0.489 e. The van der Waals surface area contributed by atoms with Gasteiger partial charge in [-0.25, -0.2) is 13.2 Å². The molecule has 0 heterocycles. The molecule has 2 N–H and O–H groups in total. The van der Waals surface area contributed by atoms with E-state index in [4.69, 9.17) is 10.5 Å². The van der Waals surface area contributed by atoms with Gasteiger partial charge in [0.05, 0.1) is 6.54 Å². The highest BCUT2D eigenvalue weighted by atomic mass is 19.1. The van der Waals surface area contributed by atoms with Crippen LogP contribution in [0.2, 0.25) is 0 Å². The van der Waals surface area contributed by atoms with E-state index in [1.165, 1.54) is 18.2 Å². The lowest BCUT2D eigenvalue weighted by Gasteiger charge is -2.07. The van der Waals surface area contributed by atoms with E-state index in [1.54, 1.807) is 0 Å².